The zero-order valence-electron chi connectivity index (χ0n) is 26.7. The van der Waals surface area contributed by atoms with Gasteiger partial charge >= 0.3 is 12.1 Å². The summed E-state index contributed by atoms with van der Waals surface area (Å²) >= 11 is 0. The number of aliphatic carboxylic acids is 1. The summed E-state index contributed by atoms with van der Waals surface area (Å²) in [6.45, 7) is 28.1. The van der Waals surface area contributed by atoms with Crippen LogP contribution in [0.5, 0.6) is 0 Å². The lowest BCUT2D eigenvalue weighted by Gasteiger charge is -2.43. The van der Waals surface area contributed by atoms with Crippen molar-refractivity contribution < 1.29 is 28.7 Å². The van der Waals surface area contributed by atoms with E-state index in [0.717, 1.165) is 0 Å². The van der Waals surface area contributed by atoms with Crippen LogP contribution in [-0.2, 0) is 18.8 Å². The topological polar surface area (TPSA) is 114 Å². The fraction of sp³-hybridized carbons (Fsp3) is 0.897. The van der Waals surface area contributed by atoms with Gasteiger partial charge in [-0.25, -0.2) is 9.59 Å². The second-order valence-corrected chi connectivity index (χ2v) is 18.9. The van der Waals surface area contributed by atoms with E-state index in [1.54, 1.807) is 0 Å². The maximum Gasteiger partial charge on any atom is 0.407 e. The highest BCUT2D eigenvalue weighted by atomic mass is 28.4. The van der Waals surface area contributed by atoms with Crippen LogP contribution in [0.3, 0.4) is 0 Å². The molecule has 0 saturated carbocycles. The van der Waals surface area contributed by atoms with Crippen molar-refractivity contribution >= 4 is 26.3 Å². The lowest BCUT2D eigenvalue weighted by Crippen LogP contribution is -2.55. The van der Waals surface area contributed by atoms with Gasteiger partial charge in [-0.2, -0.15) is 0 Å². The molecule has 5 atom stereocenters. The molecule has 0 aromatic carbocycles. The van der Waals surface area contributed by atoms with Crippen LogP contribution in [0.1, 0.15) is 102 Å². The summed E-state index contributed by atoms with van der Waals surface area (Å²) < 4.78 is 12.5. The van der Waals surface area contributed by atoms with Crippen LogP contribution in [0, 0.1) is 23.7 Å². The minimum atomic E-state index is -2.31. The van der Waals surface area contributed by atoms with E-state index >= 15 is 0 Å². The Morgan fingerprint density at radius 1 is 0.895 bits per heavy atom. The number of alkyl carbamates (subject to hydrolysis) is 1. The van der Waals surface area contributed by atoms with Gasteiger partial charge in [-0.3, -0.25) is 4.79 Å². The first-order chi connectivity index (χ1) is 17.0. The second-order valence-electron chi connectivity index (χ2n) is 14.1. The van der Waals surface area contributed by atoms with Crippen LogP contribution in [0.25, 0.3) is 0 Å². The average molecular weight is 559 g/mol. The molecule has 0 rings (SSSR count). The third-order valence-corrected chi connectivity index (χ3v) is 12.0. The van der Waals surface area contributed by atoms with Crippen LogP contribution < -0.4 is 10.6 Å². The summed E-state index contributed by atoms with van der Waals surface area (Å²) in [6.07, 6.45) is 0.680. The summed E-state index contributed by atoms with van der Waals surface area (Å²) in [6, 6.07) is -1.34. The number of amides is 2. The van der Waals surface area contributed by atoms with E-state index in [9.17, 15) is 19.5 Å². The van der Waals surface area contributed by atoms with Crippen molar-refractivity contribution in [2.24, 2.45) is 23.7 Å². The average Bonchev–Trinajstić information content (AvgIpc) is 2.70. The molecule has 0 aliphatic carbocycles. The molecule has 0 bridgehead atoms. The number of hydrogen-bond acceptors (Lipinski definition) is 5. The molecular formula is C29H58N2O6Si. The van der Waals surface area contributed by atoms with Gasteiger partial charge in [0.2, 0.25) is 5.91 Å². The normalized spacial score (nSPS) is 16.9. The molecule has 38 heavy (non-hydrogen) atoms. The Hall–Kier alpha value is -1.61. The fourth-order valence-electron chi connectivity index (χ4n) is 4.00. The van der Waals surface area contributed by atoms with Crippen molar-refractivity contribution in [1.29, 1.82) is 0 Å². The van der Waals surface area contributed by atoms with Crippen LogP contribution in [0.2, 0.25) is 18.1 Å². The van der Waals surface area contributed by atoms with Crippen LogP contribution in [0.15, 0.2) is 0 Å². The van der Waals surface area contributed by atoms with Crippen molar-refractivity contribution in [2.75, 3.05) is 0 Å². The first kappa shape index (κ1) is 36.4. The van der Waals surface area contributed by atoms with Crippen molar-refractivity contribution in [3.05, 3.63) is 0 Å². The Bertz CT molecular complexity index is 770. The van der Waals surface area contributed by atoms with E-state index < -0.39 is 44.0 Å². The second kappa shape index (κ2) is 14.7. The molecule has 0 heterocycles. The third kappa shape index (κ3) is 12.5. The molecule has 3 N–H and O–H groups in total. The number of carboxylic acid groups (broad SMARTS) is 1. The lowest BCUT2D eigenvalue weighted by atomic mass is 9.85. The quantitative estimate of drug-likeness (QED) is 0.207. The highest BCUT2D eigenvalue weighted by Gasteiger charge is 2.43. The Morgan fingerprint density at radius 3 is 1.79 bits per heavy atom. The predicted octanol–water partition coefficient (Wildman–Crippen LogP) is 6.59. The van der Waals surface area contributed by atoms with Gasteiger partial charge in [0.25, 0.3) is 0 Å². The molecule has 1 unspecified atom stereocenters. The highest BCUT2D eigenvalue weighted by molar-refractivity contribution is 6.74. The number of ether oxygens (including phenoxy) is 1. The number of nitrogens with one attached hydrogen (secondary N) is 2. The Labute approximate surface area is 233 Å². The lowest BCUT2D eigenvalue weighted by molar-refractivity contribution is -0.144. The number of rotatable bonds is 14. The van der Waals surface area contributed by atoms with Gasteiger partial charge in [-0.05, 0) is 69.5 Å². The molecule has 0 radical (unpaired) electrons. The maximum absolute atomic E-state index is 13.5. The van der Waals surface area contributed by atoms with Crippen LogP contribution in [0.4, 0.5) is 4.79 Å². The molecule has 224 valence electrons. The van der Waals surface area contributed by atoms with Crippen LogP contribution >= 0.6 is 0 Å². The van der Waals surface area contributed by atoms with E-state index in [0.29, 0.717) is 19.3 Å². The van der Waals surface area contributed by atoms with Gasteiger partial charge < -0.3 is 24.9 Å². The van der Waals surface area contributed by atoms with E-state index in [4.69, 9.17) is 9.16 Å². The molecule has 0 aromatic rings. The molecule has 0 saturated heterocycles. The standard InChI is InChI=1S/C29H58N2O6Si/c1-15-20(6)24(26(33)34)31-25(32)21(19(4)5)17-23(37-38(13,14)29(10,11)12)22(16-18(2)3)30-27(35)36-28(7,8)9/h18-24H,15-17H2,1-14H3,(H,30,35)(H,31,32)(H,33,34)/t20?,21-,22-,23-,24-/m0/s1. The van der Waals surface area contributed by atoms with Gasteiger partial charge in [0.05, 0.1) is 12.1 Å². The molecule has 0 aliphatic heterocycles. The van der Waals surface area contributed by atoms with E-state index in [1.807, 2.05) is 48.5 Å². The summed E-state index contributed by atoms with van der Waals surface area (Å²) in [7, 11) is -2.31. The molecular weight excluding hydrogens is 500 g/mol. The number of carbonyl (C=O) groups is 3. The van der Waals surface area contributed by atoms with Crippen molar-refractivity contribution in [3.63, 3.8) is 0 Å². The fourth-order valence-corrected chi connectivity index (χ4v) is 5.37. The largest absolute Gasteiger partial charge is 0.480 e. The minimum absolute atomic E-state index is 0.0619. The first-order valence-corrected chi connectivity index (χ1v) is 17.1. The summed E-state index contributed by atoms with van der Waals surface area (Å²) in [5.41, 5.74) is -0.648. The summed E-state index contributed by atoms with van der Waals surface area (Å²) in [5, 5.41) is 15.5. The van der Waals surface area contributed by atoms with Crippen LogP contribution in [-0.4, -0.2) is 55.2 Å². The molecule has 0 fully saturated rings. The molecule has 0 aromatic heterocycles. The number of carbonyl (C=O) groups excluding carboxylic acids is 2. The van der Waals surface area contributed by atoms with E-state index in [2.05, 4.69) is 58.3 Å². The van der Waals surface area contributed by atoms with Crippen molar-refractivity contribution in [2.45, 2.75) is 144 Å². The van der Waals surface area contributed by atoms with Gasteiger partial charge in [0.1, 0.15) is 11.6 Å². The minimum Gasteiger partial charge on any atom is -0.480 e. The molecule has 8 nitrogen and oxygen atoms in total. The molecule has 0 aliphatic rings. The Kier molecular flexibility index (Phi) is 14.1. The van der Waals surface area contributed by atoms with E-state index in [-0.39, 0.29) is 34.7 Å². The number of carboxylic acids is 1. The van der Waals surface area contributed by atoms with Gasteiger partial charge in [-0.15, -0.1) is 0 Å². The van der Waals surface area contributed by atoms with Crippen molar-refractivity contribution in [3.8, 4) is 0 Å². The SMILES string of the molecule is CCC(C)[C@H](NC(=O)[C@@H](C[C@H](O[Si](C)(C)C(C)(C)C)[C@H](CC(C)C)NC(=O)OC(C)(C)C)C(C)C)C(=O)O. The maximum atomic E-state index is 13.5. The highest BCUT2D eigenvalue weighted by Crippen LogP contribution is 2.39. The van der Waals surface area contributed by atoms with Crippen molar-refractivity contribution in [1.82, 2.24) is 10.6 Å². The third-order valence-electron chi connectivity index (χ3n) is 7.53. The van der Waals surface area contributed by atoms with E-state index in [1.165, 1.54) is 0 Å². The Morgan fingerprint density at radius 2 is 1.42 bits per heavy atom. The monoisotopic (exact) mass is 558 g/mol. The van der Waals surface area contributed by atoms with Gasteiger partial charge in [0.15, 0.2) is 8.32 Å². The Balaban J connectivity index is 6.40. The molecule has 0 spiro atoms. The smallest absolute Gasteiger partial charge is 0.407 e. The molecule has 9 heteroatoms. The summed E-state index contributed by atoms with van der Waals surface area (Å²) in [4.78, 5) is 38.3. The zero-order chi connectivity index (χ0) is 30.2. The zero-order valence-corrected chi connectivity index (χ0v) is 27.7. The number of hydrogen-bond donors (Lipinski definition) is 3. The first-order valence-electron chi connectivity index (χ1n) is 14.2. The summed E-state index contributed by atoms with van der Waals surface area (Å²) in [5.74, 6) is -1.83. The van der Waals surface area contributed by atoms with Gasteiger partial charge in [-0.1, -0.05) is 68.7 Å². The predicted molar refractivity (Wildman–Crippen MR) is 157 cm³/mol. The van der Waals surface area contributed by atoms with Gasteiger partial charge in [0, 0.05) is 5.92 Å². The molecule has 2 amide bonds.